The third-order valence-electron chi connectivity index (χ3n) is 6.58. The molecule has 3 atom stereocenters. The molecule has 3 fully saturated rings. The van der Waals surface area contributed by atoms with E-state index in [4.69, 9.17) is 10.5 Å². The first-order chi connectivity index (χ1) is 17.9. The molecular weight excluding hydrogens is 533 g/mol. The Morgan fingerprint density at radius 2 is 1.95 bits per heavy atom. The smallest absolute Gasteiger partial charge is 0.445 e. The largest absolute Gasteiger partial charge is 0.491 e. The molecular formula is C23H25F3N4O7S. The van der Waals surface area contributed by atoms with Gasteiger partial charge in [0, 0.05) is 31.0 Å². The minimum Gasteiger partial charge on any atom is -0.445 e. The highest BCUT2D eigenvalue weighted by molar-refractivity contribution is 8.00. The summed E-state index contributed by atoms with van der Waals surface area (Å²) in [6.07, 6.45) is -1.42. The van der Waals surface area contributed by atoms with Crippen molar-refractivity contribution in [2.45, 2.75) is 42.9 Å². The molecule has 0 aromatic carbocycles. The molecule has 0 spiro atoms. The van der Waals surface area contributed by atoms with E-state index in [-0.39, 0.29) is 48.4 Å². The van der Waals surface area contributed by atoms with Gasteiger partial charge in [-0.05, 0) is 30.9 Å². The van der Waals surface area contributed by atoms with Crippen molar-refractivity contribution in [2.24, 2.45) is 5.73 Å². The molecule has 0 radical (unpaired) electrons. The number of thioether (sulfide) groups is 1. The number of esters is 2. The van der Waals surface area contributed by atoms with E-state index in [2.05, 4.69) is 11.3 Å². The van der Waals surface area contributed by atoms with Crippen LogP contribution in [-0.2, 0) is 28.7 Å². The van der Waals surface area contributed by atoms with Gasteiger partial charge in [0.1, 0.15) is 23.7 Å². The highest BCUT2D eigenvalue weighted by Crippen LogP contribution is 2.41. The third kappa shape index (κ3) is 5.29. The van der Waals surface area contributed by atoms with Crippen molar-refractivity contribution in [3.63, 3.8) is 0 Å². The fourth-order valence-electron chi connectivity index (χ4n) is 4.75. The van der Waals surface area contributed by atoms with Gasteiger partial charge in [-0.3, -0.25) is 14.5 Å². The molecule has 4 aliphatic heterocycles. The van der Waals surface area contributed by atoms with Crippen molar-refractivity contribution in [3.05, 3.63) is 35.6 Å². The second kappa shape index (κ2) is 10.8. The summed E-state index contributed by atoms with van der Waals surface area (Å²) in [5.74, 6) is -5.40. The summed E-state index contributed by atoms with van der Waals surface area (Å²) in [5.41, 5.74) is 5.55. The number of fused-ring (bicyclic) bond motifs is 1. The molecule has 4 heterocycles. The lowest BCUT2D eigenvalue weighted by molar-refractivity contribution is -0.201. The number of β-lactam (4-membered cyclic amide) rings is 1. The maximum Gasteiger partial charge on any atom is 0.491 e. The Balaban J connectivity index is 1.53. The minimum absolute atomic E-state index is 0.0507. The zero-order chi connectivity index (χ0) is 27.8. The number of carbonyl (C=O) groups is 5. The van der Waals surface area contributed by atoms with Gasteiger partial charge in [0.05, 0.1) is 6.04 Å². The Hall–Kier alpha value is -3.33. The maximum absolute atomic E-state index is 13.1. The highest BCUT2D eigenvalue weighted by atomic mass is 32.2. The van der Waals surface area contributed by atoms with Crippen LogP contribution in [0.4, 0.5) is 18.0 Å². The number of likely N-dealkylation sites (tertiary alicyclic amines) is 2. The second-order valence-corrected chi connectivity index (χ2v) is 10.1. The Labute approximate surface area is 219 Å². The van der Waals surface area contributed by atoms with Crippen molar-refractivity contribution in [1.82, 2.24) is 14.7 Å². The Morgan fingerprint density at radius 1 is 1.21 bits per heavy atom. The molecule has 3 amide bonds. The van der Waals surface area contributed by atoms with E-state index >= 15 is 0 Å². The van der Waals surface area contributed by atoms with Crippen molar-refractivity contribution >= 4 is 41.6 Å². The van der Waals surface area contributed by atoms with Crippen LogP contribution in [0.3, 0.4) is 0 Å². The van der Waals surface area contributed by atoms with E-state index in [1.165, 1.54) is 23.9 Å². The van der Waals surface area contributed by atoms with Crippen LogP contribution in [0, 0.1) is 0 Å². The number of rotatable bonds is 6. The van der Waals surface area contributed by atoms with Gasteiger partial charge in [0.2, 0.25) is 11.8 Å². The summed E-state index contributed by atoms with van der Waals surface area (Å²) in [5, 5.41) is -0.710. The molecule has 0 bridgehead atoms. The standard InChI is InChI=1S/C23H25F3N4O7S/c1-2-8-36-22(35)29-6-3-4-14(29)10-28-7-5-12(17(28)31)9-13-11-38-19-15(27)18(32)30(19)16(13)20(33)37-21(34)23(24,25)26/h2,9,14-15,19H,1,3-8,10-11,27H2/b12-9+/t14-,15+,19+/m0/s1. The van der Waals surface area contributed by atoms with Crippen molar-refractivity contribution in [2.75, 3.05) is 32.0 Å². The number of allylic oxidation sites excluding steroid dienone is 1. The lowest BCUT2D eigenvalue weighted by Crippen LogP contribution is -2.68. The van der Waals surface area contributed by atoms with E-state index in [0.717, 1.165) is 11.3 Å². The molecule has 4 aliphatic rings. The van der Waals surface area contributed by atoms with E-state index in [1.54, 1.807) is 9.80 Å². The lowest BCUT2D eigenvalue weighted by atomic mass is 10.0. The monoisotopic (exact) mass is 558 g/mol. The van der Waals surface area contributed by atoms with Crippen molar-refractivity contribution in [3.8, 4) is 0 Å². The Morgan fingerprint density at radius 3 is 2.63 bits per heavy atom. The van der Waals surface area contributed by atoms with Crippen molar-refractivity contribution in [1.29, 1.82) is 0 Å². The number of nitrogens with zero attached hydrogens (tertiary/aromatic N) is 3. The zero-order valence-corrected chi connectivity index (χ0v) is 20.9. The molecule has 3 saturated heterocycles. The van der Waals surface area contributed by atoms with E-state index in [9.17, 15) is 37.1 Å². The van der Waals surface area contributed by atoms with Gasteiger partial charge in [0.15, 0.2) is 0 Å². The number of halogens is 3. The predicted octanol–water partition coefficient (Wildman–Crippen LogP) is 1.06. The van der Waals surface area contributed by atoms with Crippen LogP contribution in [0.15, 0.2) is 35.6 Å². The van der Waals surface area contributed by atoms with Gasteiger partial charge < -0.3 is 25.0 Å². The second-order valence-electron chi connectivity index (χ2n) is 9.01. The van der Waals surface area contributed by atoms with Crippen LogP contribution in [0.1, 0.15) is 19.3 Å². The quantitative estimate of drug-likeness (QED) is 0.167. The summed E-state index contributed by atoms with van der Waals surface area (Å²) in [6, 6.07) is -1.22. The van der Waals surface area contributed by atoms with Crippen LogP contribution in [-0.4, -0.2) is 100 Å². The molecule has 0 aliphatic carbocycles. The zero-order valence-electron chi connectivity index (χ0n) is 20.1. The van der Waals surface area contributed by atoms with Gasteiger partial charge in [-0.25, -0.2) is 14.4 Å². The molecule has 38 heavy (non-hydrogen) atoms. The molecule has 11 nitrogen and oxygen atoms in total. The summed E-state index contributed by atoms with van der Waals surface area (Å²) >= 11 is 1.17. The number of hydrogen-bond acceptors (Lipinski definition) is 9. The first kappa shape index (κ1) is 27.7. The number of ether oxygens (including phenoxy) is 2. The Bertz CT molecular complexity index is 1140. The van der Waals surface area contributed by atoms with Gasteiger partial charge in [-0.15, -0.1) is 11.8 Å². The number of carbonyl (C=O) groups excluding carboxylic acids is 5. The fraction of sp³-hybridized carbons (Fsp3) is 0.522. The topological polar surface area (TPSA) is 140 Å². The summed E-state index contributed by atoms with van der Waals surface area (Å²) < 4.78 is 47.2. The molecule has 0 aromatic rings. The molecule has 0 aromatic heterocycles. The highest BCUT2D eigenvalue weighted by Gasteiger charge is 2.53. The molecule has 0 unspecified atom stereocenters. The van der Waals surface area contributed by atoms with Crippen molar-refractivity contribution < 1.29 is 46.6 Å². The SMILES string of the molecule is C=CCOC(=O)N1CCC[C@H]1CN1CC/C(=C\C2=C(C(=O)OC(=O)C(F)(F)F)N3C(=O)[C@@H](N)[C@H]3SC2)C1=O. The fourth-order valence-corrected chi connectivity index (χ4v) is 6.00. The average Bonchev–Trinajstić information content (AvgIpc) is 3.48. The first-order valence-electron chi connectivity index (χ1n) is 11.7. The summed E-state index contributed by atoms with van der Waals surface area (Å²) in [7, 11) is 0. The summed E-state index contributed by atoms with van der Waals surface area (Å²) in [6.45, 7) is 4.63. The van der Waals surface area contributed by atoms with Gasteiger partial charge in [-0.1, -0.05) is 12.7 Å². The number of alkyl halides is 3. The van der Waals surface area contributed by atoms with Crippen LogP contribution < -0.4 is 5.73 Å². The van der Waals surface area contributed by atoms with E-state index < -0.39 is 47.2 Å². The summed E-state index contributed by atoms with van der Waals surface area (Å²) in [4.78, 5) is 65.7. The molecule has 2 N–H and O–H groups in total. The van der Waals surface area contributed by atoms with Gasteiger partial charge >= 0.3 is 24.2 Å². The first-order valence-corrected chi connectivity index (χ1v) is 12.8. The molecule has 206 valence electrons. The maximum atomic E-state index is 13.1. The van der Waals surface area contributed by atoms with E-state index in [0.29, 0.717) is 19.5 Å². The predicted molar refractivity (Wildman–Crippen MR) is 126 cm³/mol. The number of amides is 3. The van der Waals surface area contributed by atoms with Crippen LogP contribution in [0.5, 0.6) is 0 Å². The van der Waals surface area contributed by atoms with Crippen LogP contribution in [0.2, 0.25) is 0 Å². The molecule has 4 rings (SSSR count). The Kier molecular flexibility index (Phi) is 7.88. The van der Waals surface area contributed by atoms with Crippen LogP contribution >= 0.6 is 11.8 Å². The number of nitrogens with two attached hydrogens (primary N) is 1. The lowest BCUT2D eigenvalue weighted by Gasteiger charge is -2.48. The van der Waals surface area contributed by atoms with Crippen LogP contribution in [0.25, 0.3) is 0 Å². The molecule has 15 heteroatoms. The average molecular weight is 559 g/mol. The molecule has 0 saturated carbocycles. The van der Waals surface area contributed by atoms with Gasteiger partial charge in [-0.2, -0.15) is 13.2 Å². The minimum atomic E-state index is -5.42. The number of hydrogen-bond donors (Lipinski definition) is 1. The van der Waals surface area contributed by atoms with E-state index in [1.807, 2.05) is 0 Å². The normalized spacial score (nSPS) is 26.5. The third-order valence-corrected chi connectivity index (χ3v) is 7.90. The van der Waals surface area contributed by atoms with Gasteiger partial charge in [0.25, 0.3) is 0 Å².